The number of hydrogen-bond donors (Lipinski definition) is 0. The van der Waals surface area contributed by atoms with Crippen molar-refractivity contribution in [1.29, 1.82) is 0 Å². The van der Waals surface area contributed by atoms with Crippen molar-refractivity contribution in [3.8, 4) is 40.2 Å². The first-order chi connectivity index (χ1) is 38.4. The Morgan fingerprint density at radius 3 is 1.48 bits per heavy atom. The summed E-state index contributed by atoms with van der Waals surface area (Å²) in [4.78, 5) is -0.0968. The van der Waals surface area contributed by atoms with Gasteiger partial charge in [-0.1, -0.05) is 43.7 Å². The van der Waals surface area contributed by atoms with Gasteiger partial charge in [-0.2, -0.15) is 17.2 Å². The van der Waals surface area contributed by atoms with E-state index < -0.39 is 40.1 Å². The molecule has 0 radical (unpaired) electrons. The van der Waals surface area contributed by atoms with Crippen LogP contribution in [-0.4, -0.2) is 118 Å². The van der Waals surface area contributed by atoms with Crippen molar-refractivity contribution in [2.45, 2.75) is 84.8 Å². The number of ether oxygens (including phenoxy) is 7. The molecule has 2 fully saturated rings. The lowest BCUT2D eigenvalue weighted by atomic mass is 10.0. The number of fused-ring (bicyclic) bond motifs is 1. The third kappa shape index (κ3) is 13.3. The van der Waals surface area contributed by atoms with Crippen LogP contribution in [0.5, 0.6) is 40.2 Å². The minimum atomic E-state index is -4.25. The highest BCUT2D eigenvalue weighted by Gasteiger charge is 2.33. The van der Waals surface area contributed by atoms with E-state index in [9.17, 15) is 33.7 Å². The number of methoxy groups -OCH3 is 3. The van der Waals surface area contributed by atoms with Crippen LogP contribution in [0.15, 0.2) is 147 Å². The smallest absolute Gasteiger partial charge is 0.243 e. The van der Waals surface area contributed by atoms with E-state index in [1.807, 2.05) is 6.92 Å². The Morgan fingerprint density at radius 1 is 0.463 bits per heavy atom. The van der Waals surface area contributed by atoms with Crippen LogP contribution in [0.25, 0.3) is 0 Å². The molecule has 0 bridgehead atoms. The van der Waals surface area contributed by atoms with E-state index in [-0.39, 0.29) is 71.7 Å². The van der Waals surface area contributed by atoms with Gasteiger partial charge in [0.2, 0.25) is 46.9 Å². The minimum absolute atomic E-state index is 0.0227. The van der Waals surface area contributed by atoms with E-state index in [1.165, 1.54) is 87.1 Å². The van der Waals surface area contributed by atoms with Gasteiger partial charge in [0, 0.05) is 52.4 Å². The zero-order valence-corrected chi connectivity index (χ0v) is 48.3. The van der Waals surface area contributed by atoms with Crippen molar-refractivity contribution in [2.75, 3.05) is 67.5 Å². The summed E-state index contributed by atoms with van der Waals surface area (Å²) in [5.41, 5.74) is 2.47. The molecular weight excluding hydrogens is 1110 g/mol. The van der Waals surface area contributed by atoms with Gasteiger partial charge >= 0.3 is 0 Å². The van der Waals surface area contributed by atoms with Gasteiger partial charge in [-0.3, -0.25) is 0 Å². The van der Waals surface area contributed by atoms with Gasteiger partial charge in [0.25, 0.3) is 0 Å². The van der Waals surface area contributed by atoms with Gasteiger partial charge in [0.1, 0.15) is 19.0 Å². The predicted molar refractivity (Wildman–Crippen MR) is 298 cm³/mol. The van der Waals surface area contributed by atoms with E-state index in [0.717, 1.165) is 32.1 Å². The molecule has 428 valence electrons. The Bertz CT molecular complexity index is 3580. The maximum absolute atomic E-state index is 14.6. The molecule has 0 aromatic heterocycles. The Balaban J connectivity index is 0.878. The van der Waals surface area contributed by atoms with Crippen molar-refractivity contribution < 1.29 is 66.8 Å². The van der Waals surface area contributed by atoms with E-state index in [0.29, 0.717) is 88.7 Å². The van der Waals surface area contributed by atoms with Gasteiger partial charge in [-0.05, 0) is 151 Å². The van der Waals surface area contributed by atoms with Crippen LogP contribution in [0.4, 0.5) is 0 Å². The summed E-state index contributed by atoms with van der Waals surface area (Å²) in [6.45, 7) is 3.59. The van der Waals surface area contributed by atoms with Crippen LogP contribution in [-0.2, 0) is 66.3 Å². The molecule has 2 saturated heterocycles. The summed E-state index contributed by atoms with van der Waals surface area (Å²) in [6.07, 6.45) is 4.20. The zero-order chi connectivity index (χ0) is 56.7. The Labute approximate surface area is 469 Å². The molecule has 0 spiro atoms. The summed E-state index contributed by atoms with van der Waals surface area (Å²) >= 11 is 0. The fourth-order valence-corrected chi connectivity index (χ4v) is 15.8. The topological polar surface area (TPSA) is 214 Å². The van der Waals surface area contributed by atoms with Crippen LogP contribution in [0.1, 0.15) is 61.3 Å². The highest BCUT2D eigenvalue weighted by atomic mass is 32.2. The quantitative estimate of drug-likeness (QED) is 0.0522. The molecule has 1 atom stereocenters. The van der Waals surface area contributed by atoms with Crippen LogP contribution >= 0.6 is 0 Å². The fourth-order valence-electron chi connectivity index (χ4n) is 9.85. The monoisotopic (exact) mass is 1170 g/mol. The number of hydrogen-bond acceptors (Lipinski definition) is 15. The van der Waals surface area contributed by atoms with Gasteiger partial charge < -0.3 is 33.2 Å². The van der Waals surface area contributed by atoms with E-state index in [2.05, 4.69) is 0 Å². The van der Waals surface area contributed by atoms with Gasteiger partial charge in [-0.15, -0.1) is 0 Å². The summed E-state index contributed by atoms with van der Waals surface area (Å²) in [6, 6.07) is 33.1. The molecule has 3 aliphatic heterocycles. The SMILES string of the molecule is COc1ccc(CN(Cc2ccc(OCCOc3cc(CN(Cc4ccc5c(c4)OCO5)S(=O)(=O)c4ccc(S(=O)(=O)N5CCCC(C)C5)cc4)ccc3OC)cc2)S(=O)(=O)c2ccc(S(=O)(=O)N3CCCCC3)cc2)cc1OC. The van der Waals surface area contributed by atoms with Crippen molar-refractivity contribution >= 4 is 40.1 Å². The van der Waals surface area contributed by atoms with Crippen molar-refractivity contribution in [1.82, 2.24) is 17.2 Å². The molecule has 9 rings (SSSR count). The molecule has 0 amide bonds. The zero-order valence-electron chi connectivity index (χ0n) is 45.1. The number of benzene rings is 6. The highest BCUT2D eigenvalue weighted by molar-refractivity contribution is 7.90. The molecule has 19 nitrogen and oxygen atoms in total. The first kappa shape index (κ1) is 58.2. The Morgan fingerprint density at radius 2 is 0.912 bits per heavy atom. The average molecular weight is 1180 g/mol. The third-order valence-corrected chi connectivity index (χ3v) is 21.6. The summed E-state index contributed by atoms with van der Waals surface area (Å²) in [5, 5.41) is 0. The molecule has 80 heavy (non-hydrogen) atoms. The maximum Gasteiger partial charge on any atom is 0.243 e. The second-order valence-electron chi connectivity index (χ2n) is 19.8. The Hall–Kier alpha value is -6.44. The van der Waals surface area contributed by atoms with E-state index >= 15 is 0 Å². The predicted octanol–water partition coefficient (Wildman–Crippen LogP) is 8.28. The van der Waals surface area contributed by atoms with Crippen LogP contribution < -0.4 is 33.2 Å². The summed E-state index contributed by atoms with van der Waals surface area (Å²) < 4.78 is 157. The summed E-state index contributed by atoms with van der Waals surface area (Å²) in [5.74, 6) is 3.37. The molecule has 1 unspecified atom stereocenters. The van der Waals surface area contributed by atoms with Crippen LogP contribution in [0, 0.1) is 5.92 Å². The molecular formula is C57H66N4O15S4. The molecule has 3 heterocycles. The molecule has 3 aliphatic rings. The molecule has 6 aromatic rings. The lowest BCUT2D eigenvalue weighted by Crippen LogP contribution is -2.39. The molecule has 0 N–H and O–H groups in total. The molecule has 0 saturated carbocycles. The molecule has 0 aliphatic carbocycles. The normalized spacial score (nSPS) is 16.4. The third-order valence-electron chi connectivity index (χ3n) is 14.2. The van der Waals surface area contributed by atoms with Crippen LogP contribution in [0.2, 0.25) is 0 Å². The Kier molecular flexibility index (Phi) is 18.3. The fraction of sp³-hybridized carbons (Fsp3) is 0.368. The lowest BCUT2D eigenvalue weighted by Gasteiger charge is -2.30. The number of rotatable bonds is 24. The second-order valence-corrected chi connectivity index (χ2v) is 27.5. The van der Waals surface area contributed by atoms with Gasteiger partial charge in [0.05, 0.1) is 40.9 Å². The number of piperidine rings is 2. The van der Waals surface area contributed by atoms with Crippen molar-refractivity contribution in [3.63, 3.8) is 0 Å². The van der Waals surface area contributed by atoms with Gasteiger partial charge in [0.15, 0.2) is 34.5 Å². The molecule has 6 aromatic carbocycles. The van der Waals surface area contributed by atoms with Crippen LogP contribution in [0.3, 0.4) is 0 Å². The second kappa shape index (κ2) is 25.1. The number of nitrogens with zero attached hydrogens (tertiary/aromatic N) is 4. The van der Waals surface area contributed by atoms with Crippen molar-refractivity contribution in [3.05, 3.63) is 150 Å². The largest absolute Gasteiger partial charge is 0.493 e. The molecule has 23 heteroatoms. The maximum atomic E-state index is 14.6. The average Bonchev–Trinajstić information content (AvgIpc) is 4.02. The minimum Gasteiger partial charge on any atom is -0.493 e. The van der Waals surface area contributed by atoms with E-state index in [1.54, 1.807) is 78.9 Å². The summed E-state index contributed by atoms with van der Waals surface area (Å²) in [7, 11) is -11.6. The number of sulfonamides is 4. The highest BCUT2D eigenvalue weighted by Crippen LogP contribution is 2.36. The lowest BCUT2D eigenvalue weighted by molar-refractivity contribution is 0.174. The van der Waals surface area contributed by atoms with Gasteiger partial charge in [-0.25, -0.2) is 33.7 Å². The first-order valence-corrected chi connectivity index (χ1v) is 32.0. The van der Waals surface area contributed by atoms with Crippen molar-refractivity contribution in [2.24, 2.45) is 5.92 Å². The first-order valence-electron chi connectivity index (χ1n) is 26.2. The standard InChI is InChI=1S/C57H66N4O15S4/c1-42-9-8-30-59(36-42)78(64,65)49-19-23-51(24-20-49)80(68,69)61(40-46-14-27-54-57(35-46)76-41-75-54)39-45-13-26-53(71-3)56(34-45)74-32-31-73-47-15-10-43(11-16-47)37-60(38-44-12-25-52(70-2)55(33-44)72-4)79(66,67)50-21-17-48(18-22-50)77(62,63)58-28-6-5-7-29-58/h10-27,33-35,42H,5-9,28-32,36-41H2,1-4H3. The van der Waals surface area contributed by atoms with E-state index in [4.69, 9.17) is 33.2 Å².